The van der Waals surface area contributed by atoms with E-state index in [1.165, 1.54) is 12.1 Å². The van der Waals surface area contributed by atoms with Crippen molar-refractivity contribution in [3.8, 4) is 0 Å². The second-order valence-corrected chi connectivity index (χ2v) is 2.00. The lowest BCUT2D eigenvalue weighted by Gasteiger charge is -1.94. The van der Waals surface area contributed by atoms with Crippen molar-refractivity contribution in [1.82, 2.24) is 5.32 Å². The van der Waals surface area contributed by atoms with E-state index < -0.39 is 4.92 Å². The van der Waals surface area contributed by atoms with Gasteiger partial charge in [-0.3, -0.25) is 15.4 Å². The van der Waals surface area contributed by atoms with Gasteiger partial charge in [0.05, 0.1) is 10.6 Å². The Balaban J connectivity index is 3.01. The smallest absolute Gasteiger partial charge is 0.271 e. The molecule has 1 aromatic rings. The van der Waals surface area contributed by atoms with Crippen LogP contribution in [0.25, 0.3) is 0 Å². The van der Waals surface area contributed by atoms with Crippen LogP contribution in [0.2, 0.25) is 0 Å². The Bertz CT molecular complexity index is 273. The summed E-state index contributed by atoms with van der Waals surface area (Å²) < 4.78 is 0. The van der Waals surface area contributed by atoms with E-state index in [1.54, 1.807) is 19.2 Å². The number of benzene rings is 1. The number of nitro groups is 1. The van der Waals surface area contributed by atoms with Gasteiger partial charge in [-0.1, -0.05) is 6.07 Å². The summed E-state index contributed by atoms with van der Waals surface area (Å²) in [5.41, 5.74) is 0.701. The number of rotatable bonds is 2. The van der Waals surface area contributed by atoms with Gasteiger partial charge in [0, 0.05) is 19.2 Å². The quantitative estimate of drug-likeness (QED) is 0.474. The predicted molar refractivity (Wildman–Crippen MR) is 40.8 cm³/mol. The zero-order valence-corrected chi connectivity index (χ0v) is 6.02. The molecular weight excluding hydrogens is 144 g/mol. The first-order chi connectivity index (χ1) is 5.24. The number of non-ortho nitro benzene ring substituents is 1. The normalized spacial score (nSPS) is 9.18. The van der Waals surface area contributed by atoms with E-state index in [0.717, 1.165) is 0 Å². The van der Waals surface area contributed by atoms with Crippen molar-refractivity contribution in [2.24, 2.45) is 0 Å². The zero-order valence-electron chi connectivity index (χ0n) is 6.02. The first-order valence-corrected chi connectivity index (χ1v) is 3.08. The van der Waals surface area contributed by atoms with Crippen LogP contribution in [0, 0.1) is 10.1 Å². The lowest BCUT2D eigenvalue weighted by Crippen LogP contribution is -1.90. The van der Waals surface area contributed by atoms with Gasteiger partial charge < -0.3 is 0 Å². The van der Waals surface area contributed by atoms with E-state index in [0.29, 0.717) is 5.69 Å². The average Bonchev–Trinajstić information content (AvgIpc) is 2.05. The summed E-state index contributed by atoms with van der Waals surface area (Å²) in [7, 11) is 1.60. The summed E-state index contributed by atoms with van der Waals surface area (Å²) in [4.78, 5) is 9.80. The van der Waals surface area contributed by atoms with Gasteiger partial charge in [-0.15, -0.1) is 0 Å². The minimum absolute atomic E-state index is 0.0769. The molecule has 4 nitrogen and oxygen atoms in total. The average molecular weight is 151 g/mol. The van der Waals surface area contributed by atoms with E-state index in [1.807, 2.05) is 0 Å². The second kappa shape index (κ2) is 3.01. The van der Waals surface area contributed by atoms with Crippen LogP contribution in [0.1, 0.15) is 0 Å². The van der Waals surface area contributed by atoms with Crippen molar-refractivity contribution in [2.45, 2.75) is 0 Å². The molecule has 4 heteroatoms. The minimum Gasteiger partial charge on any atom is -0.288 e. The van der Waals surface area contributed by atoms with Gasteiger partial charge in [0.15, 0.2) is 0 Å². The fourth-order valence-electron chi connectivity index (χ4n) is 0.746. The van der Waals surface area contributed by atoms with Crippen molar-refractivity contribution >= 4 is 11.4 Å². The lowest BCUT2D eigenvalue weighted by atomic mass is 10.3. The predicted octanol–water partition coefficient (Wildman–Crippen LogP) is 1.46. The molecule has 1 radical (unpaired) electrons. The number of nitro benzene ring substituents is 1. The highest BCUT2D eigenvalue weighted by Crippen LogP contribution is 2.15. The molecule has 0 saturated heterocycles. The van der Waals surface area contributed by atoms with Crippen LogP contribution in [0.4, 0.5) is 11.4 Å². The Morgan fingerprint density at radius 1 is 1.55 bits per heavy atom. The molecular formula is C7H7N2O2. The molecule has 0 spiro atoms. The molecule has 0 unspecified atom stereocenters. The molecule has 0 aliphatic rings. The highest BCUT2D eigenvalue weighted by molar-refractivity contribution is 5.45. The Hall–Kier alpha value is -1.58. The topological polar surface area (TPSA) is 57.2 Å². The van der Waals surface area contributed by atoms with Crippen LogP contribution < -0.4 is 5.32 Å². The number of hydrogen-bond donors (Lipinski definition) is 0. The van der Waals surface area contributed by atoms with Gasteiger partial charge in [-0.25, -0.2) is 0 Å². The maximum atomic E-state index is 10.2. The van der Waals surface area contributed by atoms with Gasteiger partial charge in [0.1, 0.15) is 0 Å². The van der Waals surface area contributed by atoms with Crippen molar-refractivity contribution in [2.75, 3.05) is 7.05 Å². The molecule has 11 heavy (non-hydrogen) atoms. The van der Waals surface area contributed by atoms with E-state index in [9.17, 15) is 10.1 Å². The Kier molecular flexibility index (Phi) is 2.06. The molecule has 0 aliphatic heterocycles. The first kappa shape index (κ1) is 7.53. The molecule has 0 heterocycles. The third kappa shape index (κ3) is 1.67. The minimum atomic E-state index is -0.436. The van der Waals surface area contributed by atoms with Crippen LogP contribution >= 0.6 is 0 Å². The molecule has 0 atom stereocenters. The van der Waals surface area contributed by atoms with Gasteiger partial charge in [0.25, 0.3) is 5.69 Å². The standard InChI is InChI=1S/C7H7N2O2/c1-8-6-3-2-4-7(5-6)9(10)11/h2-5H,1H3. The van der Waals surface area contributed by atoms with Gasteiger partial charge in [0.2, 0.25) is 0 Å². The second-order valence-electron chi connectivity index (χ2n) is 2.00. The summed E-state index contributed by atoms with van der Waals surface area (Å²) >= 11 is 0. The third-order valence-corrected chi connectivity index (χ3v) is 1.30. The largest absolute Gasteiger partial charge is 0.288 e. The number of nitrogens with zero attached hydrogens (tertiary/aromatic N) is 2. The van der Waals surface area contributed by atoms with Crippen molar-refractivity contribution < 1.29 is 4.92 Å². The van der Waals surface area contributed by atoms with Gasteiger partial charge in [-0.2, -0.15) is 0 Å². The molecule has 1 aromatic carbocycles. The molecule has 0 aromatic heterocycles. The zero-order chi connectivity index (χ0) is 8.27. The molecule has 0 fully saturated rings. The maximum absolute atomic E-state index is 10.2. The fourth-order valence-corrected chi connectivity index (χ4v) is 0.746. The molecule has 0 saturated carbocycles. The summed E-state index contributed by atoms with van der Waals surface area (Å²) in [6.45, 7) is 0. The third-order valence-electron chi connectivity index (χ3n) is 1.30. The van der Waals surface area contributed by atoms with Crippen LogP contribution in [0.3, 0.4) is 0 Å². The van der Waals surface area contributed by atoms with Crippen LogP contribution in [0.5, 0.6) is 0 Å². The molecule has 0 bridgehead atoms. The summed E-state index contributed by atoms with van der Waals surface area (Å²) in [6.07, 6.45) is 0. The lowest BCUT2D eigenvalue weighted by molar-refractivity contribution is -0.384. The van der Waals surface area contributed by atoms with Crippen LogP contribution in [-0.2, 0) is 0 Å². The van der Waals surface area contributed by atoms with E-state index in [-0.39, 0.29) is 5.69 Å². The van der Waals surface area contributed by atoms with E-state index in [2.05, 4.69) is 5.32 Å². The summed E-state index contributed by atoms with van der Waals surface area (Å²) in [6, 6.07) is 6.20. The Morgan fingerprint density at radius 3 is 2.82 bits per heavy atom. The summed E-state index contributed by atoms with van der Waals surface area (Å²) in [5.74, 6) is 0. The first-order valence-electron chi connectivity index (χ1n) is 3.08. The van der Waals surface area contributed by atoms with Gasteiger partial charge in [-0.05, 0) is 6.07 Å². The maximum Gasteiger partial charge on any atom is 0.271 e. The highest BCUT2D eigenvalue weighted by atomic mass is 16.6. The molecule has 57 valence electrons. The fraction of sp³-hybridized carbons (Fsp3) is 0.143. The van der Waals surface area contributed by atoms with E-state index >= 15 is 0 Å². The SMILES string of the molecule is C[N]c1cccc([N+](=O)[O-])c1. The summed E-state index contributed by atoms with van der Waals surface area (Å²) in [5, 5.41) is 14.0. The molecule has 0 N–H and O–H groups in total. The van der Waals surface area contributed by atoms with Gasteiger partial charge >= 0.3 is 0 Å². The van der Waals surface area contributed by atoms with Crippen LogP contribution in [-0.4, -0.2) is 12.0 Å². The van der Waals surface area contributed by atoms with Crippen molar-refractivity contribution in [3.63, 3.8) is 0 Å². The van der Waals surface area contributed by atoms with E-state index in [4.69, 9.17) is 0 Å². The highest BCUT2D eigenvalue weighted by Gasteiger charge is 2.03. The Labute approximate surface area is 64.0 Å². The van der Waals surface area contributed by atoms with Crippen LogP contribution in [0.15, 0.2) is 24.3 Å². The van der Waals surface area contributed by atoms with Crippen molar-refractivity contribution in [1.29, 1.82) is 0 Å². The monoisotopic (exact) mass is 151 g/mol. The Morgan fingerprint density at radius 2 is 2.27 bits per heavy atom. The molecule has 1 rings (SSSR count). The van der Waals surface area contributed by atoms with Crippen molar-refractivity contribution in [3.05, 3.63) is 34.4 Å². The molecule has 0 amide bonds. The molecule has 0 aliphatic carbocycles. The number of hydrogen-bond acceptors (Lipinski definition) is 2.